The summed E-state index contributed by atoms with van der Waals surface area (Å²) >= 11 is 0. The van der Waals surface area contributed by atoms with Crippen molar-refractivity contribution in [1.29, 1.82) is 0 Å². The third kappa shape index (κ3) is 6.39. The van der Waals surface area contributed by atoms with Crippen LogP contribution < -0.4 is 0 Å². The van der Waals surface area contributed by atoms with E-state index in [9.17, 15) is 0 Å². The second kappa shape index (κ2) is 9.98. The van der Waals surface area contributed by atoms with Crippen molar-refractivity contribution in [2.45, 2.75) is 27.2 Å². The molecule has 0 rings (SSSR count). The average Bonchev–Trinajstić information content (AvgIpc) is 2.26. The van der Waals surface area contributed by atoms with Gasteiger partial charge in [-0.05, 0) is 27.2 Å². The van der Waals surface area contributed by atoms with Crippen molar-refractivity contribution in [3.8, 4) is 0 Å². The van der Waals surface area contributed by atoms with Crippen LogP contribution in [0.3, 0.4) is 0 Å². The normalized spacial score (nSPS) is 11.7. The zero-order valence-corrected chi connectivity index (χ0v) is 11.7. The highest BCUT2D eigenvalue weighted by Crippen LogP contribution is 2.10. The van der Waals surface area contributed by atoms with Crippen LogP contribution in [0.4, 0.5) is 0 Å². The summed E-state index contributed by atoms with van der Waals surface area (Å²) < 4.78 is 22.4. The molecule has 0 aliphatic heterocycles. The molecule has 0 unspecified atom stereocenters. The Morgan fingerprint density at radius 1 is 1.00 bits per heavy atom. The SMILES string of the molecule is C=CCCOC[Si](OCC)(OCC)OCC. The van der Waals surface area contributed by atoms with Crippen LogP contribution in [0.15, 0.2) is 12.7 Å². The Balaban J connectivity index is 4.17. The van der Waals surface area contributed by atoms with Crippen LogP contribution in [0.25, 0.3) is 0 Å². The molecular weight excluding hydrogens is 224 g/mol. The van der Waals surface area contributed by atoms with E-state index in [0.29, 0.717) is 32.7 Å². The van der Waals surface area contributed by atoms with Gasteiger partial charge in [0, 0.05) is 26.4 Å². The quantitative estimate of drug-likeness (QED) is 0.319. The minimum atomic E-state index is -2.60. The second-order valence-electron chi connectivity index (χ2n) is 3.11. The maximum Gasteiger partial charge on any atom is 0.528 e. The van der Waals surface area contributed by atoms with Gasteiger partial charge >= 0.3 is 8.80 Å². The molecule has 0 aromatic rings. The van der Waals surface area contributed by atoms with Crippen LogP contribution >= 0.6 is 0 Å². The summed E-state index contributed by atoms with van der Waals surface area (Å²) in [6, 6.07) is 0. The first-order valence-corrected chi connectivity index (χ1v) is 7.78. The predicted octanol–water partition coefficient (Wildman–Crippen LogP) is 2.17. The van der Waals surface area contributed by atoms with Crippen LogP contribution in [0, 0.1) is 0 Å². The molecule has 0 N–H and O–H groups in total. The van der Waals surface area contributed by atoms with E-state index in [1.165, 1.54) is 0 Å². The summed E-state index contributed by atoms with van der Waals surface area (Å²) in [5, 5.41) is 0. The minimum Gasteiger partial charge on any atom is -0.377 e. The van der Waals surface area contributed by atoms with Gasteiger partial charge in [0.2, 0.25) is 0 Å². The molecule has 0 aliphatic carbocycles. The van der Waals surface area contributed by atoms with Crippen molar-refractivity contribution >= 4 is 8.80 Å². The molecule has 4 nitrogen and oxygen atoms in total. The second-order valence-corrected chi connectivity index (χ2v) is 5.63. The topological polar surface area (TPSA) is 36.9 Å². The van der Waals surface area contributed by atoms with Crippen LogP contribution in [-0.4, -0.2) is 41.5 Å². The number of ether oxygens (including phenoxy) is 1. The first kappa shape index (κ1) is 15.8. The first-order valence-electron chi connectivity index (χ1n) is 5.85. The molecule has 0 spiro atoms. The molecule has 0 radical (unpaired) electrons. The predicted molar refractivity (Wildman–Crippen MR) is 66.3 cm³/mol. The monoisotopic (exact) mass is 248 g/mol. The van der Waals surface area contributed by atoms with Gasteiger partial charge in [0.15, 0.2) is 0 Å². The van der Waals surface area contributed by atoms with Crippen LogP contribution in [0.2, 0.25) is 0 Å². The molecule has 96 valence electrons. The minimum absolute atomic E-state index is 0.413. The van der Waals surface area contributed by atoms with Crippen molar-refractivity contribution in [2.24, 2.45) is 0 Å². The van der Waals surface area contributed by atoms with E-state index in [0.717, 1.165) is 6.42 Å². The number of rotatable bonds is 11. The molecule has 0 aliphatic rings. The maximum atomic E-state index is 5.63. The third-order valence-electron chi connectivity index (χ3n) is 1.84. The zero-order valence-electron chi connectivity index (χ0n) is 10.7. The first-order chi connectivity index (χ1) is 7.74. The smallest absolute Gasteiger partial charge is 0.377 e. The fourth-order valence-corrected chi connectivity index (χ4v) is 3.49. The van der Waals surface area contributed by atoms with Gasteiger partial charge in [0.05, 0.1) is 0 Å². The summed E-state index contributed by atoms with van der Waals surface area (Å²) in [7, 11) is -2.60. The van der Waals surface area contributed by atoms with Gasteiger partial charge in [0.25, 0.3) is 0 Å². The largest absolute Gasteiger partial charge is 0.528 e. The Bertz CT molecular complexity index is 158. The van der Waals surface area contributed by atoms with Crippen molar-refractivity contribution < 1.29 is 18.0 Å². The van der Waals surface area contributed by atoms with Gasteiger partial charge < -0.3 is 18.0 Å². The fourth-order valence-electron chi connectivity index (χ4n) is 1.27. The van der Waals surface area contributed by atoms with Gasteiger partial charge in [-0.15, -0.1) is 6.58 Å². The maximum absolute atomic E-state index is 5.63. The van der Waals surface area contributed by atoms with Crippen LogP contribution in [-0.2, 0) is 18.0 Å². The van der Waals surface area contributed by atoms with E-state index >= 15 is 0 Å². The molecule has 16 heavy (non-hydrogen) atoms. The Kier molecular flexibility index (Phi) is 9.86. The highest BCUT2D eigenvalue weighted by Gasteiger charge is 2.41. The highest BCUT2D eigenvalue weighted by atomic mass is 28.4. The number of hydrogen-bond acceptors (Lipinski definition) is 4. The van der Waals surface area contributed by atoms with Gasteiger partial charge in [-0.2, -0.15) is 0 Å². The summed E-state index contributed by atoms with van der Waals surface area (Å²) in [6.07, 6.45) is 3.07. The standard InChI is InChI=1S/C11H24O4Si/c1-5-9-10-12-11-16(13-6-2,14-7-3)15-8-4/h5H,1,6-11H2,2-4H3. The van der Waals surface area contributed by atoms with E-state index in [2.05, 4.69) is 6.58 Å². The average molecular weight is 248 g/mol. The number of hydrogen-bond donors (Lipinski definition) is 0. The molecule has 0 saturated carbocycles. The van der Waals surface area contributed by atoms with Gasteiger partial charge in [0.1, 0.15) is 6.23 Å². The lowest BCUT2D eigenvalue weighted by molar-refractivity contribution is 0.0310. The lowest BCUT2D eigenvalue weighted by atomic mass is 10.5. The van der Waals surface area contributed by atoms with Gasteiger partial charge in [-0.25, -0.2) is 0 Å². The molecule has 0 heterocycles. The van der Waals surface area contributed by atoms with Gasteiger partial charge in [-0.1, -0.05) is 6.08 Å². The lowest BCUT2D eigenvalue weighted by Gasteiger charge is -2.27. The zero-order chi connectivity index (χ0) is 12.3. The summed E-state index contributed by atoms with van der Waals surface area (Å²) in [5.74, 6) is 0. The van der Waals surface area contributed by atoms with Crippen molar-refractivity contribution in [1.82, 2.24) is 0 Å². The summed E-state index contributed by atoms with van der Waals surface area (Å²) in [6.45, 7) is 11.8. The fraction of sp³-hybridized carbons (Fsp3) is 0.818. The Morgan fingerprint density at radius 2 is 1.50 bits per heavy atom. The van der Waals surface area contributed by atoms with E-state index in [4.69, 9.17) is 18.0 Å². The Morgan fingerprint density at radius 3 is 1.88 bits per heavy atom. The molecule has 0 amide bonds. The molecule has 5 heteroatoms. The van der Waals surface area contributed by atoms with Gasteiger partial charge in [-0.3, -0.25) is 0 Å². The Hall–Kier alpha value is -0.203. The summed E-state index contributed by atoms with van der Waals surface area (Å²) in [5.41, 5.74) is 0. The molecule has 0 saturated heterocycles. The lowest BCUT2D eigenvalue weighted by Crippen LogP contribution is -2.51. The molecule has 0 atom stereocenters. The third-order valence-corrected chi connectivity index (χ3v) is 4.58. The van der Waals surface area contributed by atoms with Crippen LogP contribution in [0.1, 0.15) is 27.2 Å². The van der Waals surface area contributed by atoms with E-state index in [1.54, 1.807) is 0 Å². The summed E-state index contributed by atoms with van der Waals surface area (Å²) in [4.78, 5) is 0. The molecule has 0 bridgehead atoms. The molecule has 0 fully saturated rings. The molecule has 0 aromatic carbocycles. The van der Waals surface area contributed by atoms with Crippen molar-refractivity contribution in [3.63, 3.8) is 0 Å². The Labute approximate surface area is 99.9 Å². The molecule has 0 aromatic heterocycles. The molecular formula is C11H24O4Si. The van der Waals surface area contributed by atoms with Crippen LogP contribution in [0.5, 0.6) is 0 Å². The van der Waals surface area contributed by atoms with E-state index in [1.807, 2.05) is 26.8 Å². The van der Waals surface area contributed by atoms with E-state index < -0.39 is 8.80 Å². The van der Waals surface area contributed by atoms with Crippen molar-refractivity contribution in [3.05, 3.63) is 12.7 Å². The highest BCUT2D eigenvalue weighted by molar-refractivity contribution is 6.60. The van der Waals surface area contributed by atoms with Crippen molar-refractivity contribution in [2.75, 3.05) is 32.7 Å². The van der Waals surface area contributed by atoms with E-state index in [-0.39, 0.29) is 0 Å².